The van der Waals surface area contributed by atoms with E-state index >= 15 is 0 Å². The predicted molar refractivity (Wildman–Crippen MR) is 83.1 cm³/mol. The number of rotatable bonds is 7. The molecule has 0 unspecified atom stereocenters. The molecule has 1 aliphatic heterocycles. The van der Waals surface area contributed by atoms with E-state index in [9.17, 15) is 25.0 Å². The van der Waals surface area contributed by atoms with E-state index in [0.29, 0.717) is 6.54 Å². The SMILES string of the molecule is O=C(NCCC[NH+]1CCOCC1)c1cc([N+](=O)[O-])cc([N+](=O)[O-])c1. The van der Waals surface area contributed by atoms with Gasteiger partial charge in [0.15, 0.2) is 0 Å². The zero-order chi connectivity index (χ0) is 17.5. The summed E-state index contributed by atoms with van der Waals surface area (Å²) < 4.78 is 5.26. The van der Waals surface area contributed by atoms with Crippen molar-refractivity contribution in [2.24, 2.45) is 0 Å². The van der Waals surface area contributed by atoms with Gasteiger partial charge in [-0.25, -0.2) is 0 Å². The number of nitro benzene ring substituents is 2. The third-order valence-corrected chi connectivity index (χ3v) is 3.78. The van der Waals surface area contributed by atoms with Gasteiger partial charge in [0.05, 0.1) is 41.2 Å². The van der Waals surface area contributed by atoms with Crippen LogP contribution in [0.25, 0.3) is 0 Å². The van der Waals surface area contributed by atoms with Gasteiger partial charge in [-0.15, -0.1) is 0 Å². The Morgan fingerprint density at radius 1 is 1.12 bits per heavy atom. The number of hydrogen-bond acceptors (Lipinski definition) is 6. The van der Waals surface area contributed by atoms with E-state index in [1.165, 1.54) is 4.90 Å². The van der Waals surface area contributed by atoms with Crippen molar-refractivity contribution in [1.82, 2.24) is 5.32 Å². The quantitative estimate of drug-likeness (QED) is 0.393. The summed E-state index contributed by atoms with van der Waals surface area (Å²) in [5.41, 5.74) is -1.05. The van der Waals surface area contributed by atoms with Gasteiger partial charge in [0.2, 0.25) is 0 Å². The minimum atomic E-state index is -0.758. The van der Waals surface area contributed by atoms with Crippen LogP contribution in [0.1, 0.15) is 16.8 Å². The standard InChI is InChI=1S/C14H18N4O6/c19-14(15-2-1-3-16-4-6-24-7-5-16)11-8-12(17(20)21)10-13(9-11)18(22)23/h8-10H,1-7H2,(H,15,19)/p+1. The first-order chi connectivity index (χ1) is 11.5. The number of morpholine rings is 1. The molecule has 0 bridgehead atoms. The molecule has 0 radical (unpaired) electrons. The van der Waals surface area contributed by atoms with E-state index in [-0.39, 0.29) is 5.56 Å². The van der Waals surface area contributed by atoms with Gasteiger partial charge in [0, 0.05) is 25.1 Å². The van der Waals surface area contributed by atoms with Gasteiger partial charge in [-0.3, -0.25) is 25.0 Å². The van der Waals surface area contributed by atoms with Crippen molar-refractivity contribution in [3.63, 3.8) is 0 Å². The molecule has 2 N–H and O–H groups in total. The molecule has 0 saturated carbocycles. The largest absolute Gasteiger partial charge is 0.370 e. The molecule has 10 nitrogen and oxygen atoms in total. The number of benzene rings is 1. The number of non-ortho nitro benzene ring substituents is 2. The lowest BCUT2D eigenvalue weighted by Crippen LogP contribution is -3.14. The van der Waals surface area contributed by atoms with Crippen molar-refractivity contribution in [1.29, 1.82) is 0 Å². The van der Waals surface area contributed by atoms with Crippen LogP contribution in [0.4, 0.5) is 11.4 Å². The Kier molecular flexibility index (Phi) is 6.15. The van der Waals surface area contributed by atoms with Crippen molar-refractivity contribution in [3.8, 4) is 0 Å². The number of nitrogens with one attached hydrogen (secondary N) is 2. The van der Waals surface area contributed by atoms with Crippen LogP contribution >= 0.6 is 0 Å². The molecule has 0 aliphatic carbocycles. The molecule has 24 heavy (non-hydrogen) atoms. The Morgan fingerprint density at radius 3 is 2.25 bits per heavy atom. The first-order valence-electron chi connectivity index (χ1n) is 7.61. The summed E-state index contributed by atoms with van der Waals surface area (Å²) in [6.07, 6.45) is 0.748. The second kappa shape index (κ2) is 8.31. The van der Waals surface area contributed by atoms with Gasteiger partial charge in [-0.05, 0) is 0 Å². The molecule has 10 heteroatoms. The lowest BCUT2D eigenvalue weighted by atomic mass is 10.1. The highest BCUT2D eigenvalue weighted by atomic mass is 16.6. The summed E-state index contributed by atoms with van der Waals surface area (Å²) >= 11 is 0. The zero-order valence-corrected chi connectivity index (χ0v) is 13.0. The summed E-state index contributed by atoms with van der Waals surface area (Å²) in [5.74, 6) is -0.557. The normalized spacial score (nSPS) is 15.0. The summed E-state index contributed by atoms with van der Waals surface area (Å²) in [7, 11) is 0. The van der Waals surface area contributed by atoms with Crippen LogP contribution < -0.4 is 10.2 Å². The van der Waals surface area contributed by atoms with Crippen molar-refractivity contribution in [3.05, 3.63) is 44.0 Å². The van der Waals surface area contributed by atoms with E-state index in [2.05, 4.69) is 5.32 Å². The highest BCUT2D eigenvalue weighted by molar-refractivity contribution is 5.95. The predicted octanol–water partition coefficient (Wildman–Crippen LogP) is -0.462. The molecular formula is C14H19N4O6+. The maximum Gasteiger partial charge on any atom is 0.277 e. The topological polar surface area (TPSA) is 129 Å². The monoisotopic (exact) mass is 339 g/mol. The highest BCUT2D eigenvalue weighted by Gasteiger charge is 2.20. The Morgan fingerprint density at radius 2 is 1.71 bits per heavy atom. The van der Waals surface area contributed by atoms with Crippen molar-refractivity contribution in [2.45, 2.75) is 6.42 Å². The van der Waals surface area contributed by atoms with Gasteiger partial charge in [-0.1, -0.05) is 0 Å². The maximum atomic E-state index is 12.1. The molecule has 1 aromatic carbocycles. The number of ether oxygens (including phenoxy) is 1. The lowest BCUT2D eigenvalue weighted by Gasteiger charge is -2.23. The molecule has 1 aliphatic rings. The minimum absolute atomic E-state index is 0.0883. The average Bonchev–Trinajstić information content (AvgIpc) is 2.59. The van der Waals surface area contributed by atoms with E-state index in [4.69, 9.17) is 4.74 Å². The lowest BCUT2D eigenvalue weighted by molar-refractivity contribution is -0.908. The number of nitrogens with zero attached hydrogens (tertiary/aromatic N) is 2. The molecule has 0 spiro atoms. The molecule has 1 aromatic rings. The molecule has 1 heterocycles. The van der Waals surface area contributed by atoms with Crippen molar-refractivity contribution < 1.29 is 24.3 Å². The van der Waals surface area contributed by atoms with Crippen LogP contribution in [0.3, 0.4) is 0 Å². The first kappa shape index (κ1) is 17.8. The second-order valence-corrected chi connectivity index (χ2v) is 5.47. The average molecular weight is 339 g/mol. The Labute approximate surface area is 137 Å². The summed E-state index contributed by atoms with van der Waals surface area (Å²) in [6, 6.07) is 2.91. The Balaban J connectivity index is 1.91. The fourth-order valence-corrected chi connectivity index (χ4v) is 2.49. The number of nitro groups is 2. The number of hydrogen-bond donors (Lipinski definition) is 2. The van der Waals surface area contributed by atoms with E-state index in [1.807, 2.05) is 0 Å². The maximum absolute atomic E-state index is 12.1. The number of carbonyl (C=O) groups excluding carboxylic acids is 1. The van der Waals surface area contributed by atoms with Crippen LogP contribution in [0.2, 0.25) is 0 Å². The van der Waals surface area contributed by atoms with Gasteiger partial charge >= 0.3 is 0 Å². The van der Waals surface area contributed by atoms with Gasteiger partial charge < -0.3 is 15.0 Å². The number of quaternary nitrogens is 1. The van der Waals surface area contributed by atoms with Crippen LogP contribution in [0.15, 0.2) is 18.2 Å². The van der Waals surface area contributed by atoms with Crippen LogP contribution in [-0.4, -0.2) is 55.1 Å². The molecule has 130 valence electrons. The second-order valence-electron chi connectivity index (χ2n) is 5.47. The molecule has 1 saturated heterocycles. The smallest absolute Gasteiger partial charge is 0.277 e. The highest BCUT2D eigenvalue weighted by Crippen LogP contribution is 2.22. The van der Waals surface area contributed by atoms with Crippen molar-refractivity contribution in [2.75, 3.05) is 39.4 Å². The van der Waals surface area contributed by atoms with Gasteiger partial charge in [0.25, 0.3) is 17.3 Å². The third kappa shape index (κ3) is 4.96. The molecule has 2 rings (SSSR count). The van der Waals surface area contributed by atoms with E-state index in [1.54, 1.807) is 0 Å². The molecule has 1 amide bonds. The van der Waals surface area contributed by atoms with Crippen LogP contribution in [0.5, 0.6) is 0 Å². The van der Waals surface area contributed by atoms with Crippen LogP contribution in [0, 0.1) is 20.2 Å². The van der Waals surface area contributed by atoms with Gasteiger partial charge in [-0.2, -0.15) is 0 Å². The van der Waals surface area contributed by atoms with Crippen molar-refractivity contribution >= 4 is 17.3 Å². The first-order valence-corrected chi connectivity index (χ1v) is 7.61. The molecule has 0 atom stereocenters. The Hall–Kier alpha value is -2.59. The fraction of sp³-hybridized carbons (Fsp3) is 0.500. The summed E-state index contributed by atoms with van der Waals surface area (Å²) in [5, 5.41) is 24.3. The minimum Gasteiger partial charge on any atom is -0.370 e. The number of carbonyl (C=O) groups is 1. The number of amides is 1. The molecule has 0 aromatic heterocycles. The zero-order valence-electron chi connectivity index (χ0n) is 13.0. The van der Waals surface area contributed by atoms with Crippen LogP contribution in [-0.2, 0) is 4.74 Å². The van der Waals surface area contributed by atoms with E-state index in [0.717, 1.165) is 57.5 Å². The molecular weight excluding hydrogens is 320 g/mol. The molecule has 1 fully saturated rings. The third-order valence-electron chi connectivity index (χ3n) is 3.78. The Bertz CT molecular complexity index is 597. The van der Waals surface area contributed by atoms with E-state index < -0.39 is 27.1 Å². The summed E-state index contributed by atoms with van der Waals surface area (Å²) in [6.45, 7) is 4.63. The summed E-state index contributed by atoms with van der Waals surface area (Å²) in [4.78, 5) is 33.6. The van der Waals surface area contributed by atoms with Gasteiger partial charge in [0.1, 0.15) is 13.1 Å². The fourth-order valence-electron chi connectivity index (χ4n) is 2.49.